The third kappa shape index (κ3) is 5.00. The van der Waals surface area contributed by atoms with E-state index in [1.54, 1.807) is 0 Å². The molecule has 0 radical (unpaired) electrons. The van der Waals surface area contributed by atoms with Crippen LogP contribution >= 0.6 is 11.8 Å². The number of thioether (sulfide) groups is 1. The zero-order valence-corrected chi connectivity index (χ0v) is 16.9. The topological polar surface area (TPSA) is 50.4 Å². The van der Waals surface area contributed by atoms with Crippen molar-refractivity contribution in [2.24, 2.45) is 0 Å². The number of nitrogens with one attached hydrogen (secondary N) is 2. The van der Waals surface area contributed by atoms with Crippen LogP contribution in [0.15, 0.2) is 83.8 Å². The van der Waals surface area contributed by atoms with Gasteiger partial charge in [0.2, 0.25) is 0 Å². The van der Waals surface area contributed by atoms with E-state index in [0.29, 0.717) is 4.91 Å². The monoisotopic (exact) mass is 402 g/mol. The lowest BCUT2D eigenvalue weighted by Gasteiger charge is -2.12. The maximum Gasteiger partial charge on any atom is 0.260 e. The molecule has 146 valence electrons. The fraction of sp³-hybridized carbons (Fsp3) is 0.125. The second-order valence-electron chi connectivity index (χ2n) is 6.66. The van der Waals surface area contributed by atoms with Crippen molar-refractivity contribution in [1.82, 2.24) is 5.32 Å². The zero-order valence-electron chi connectivity index (χ0n) is 16.1. The van der Waals surface area contributed by atoms with Crippen LogP contribution in [0.4, 0.5) is 5.69 Å². The number of carbonyl (C=O) groups excluding carboxylic acids is 1. The van der Waals surface area contributed by atoms with Crippen LogP contribution in [-0.4, -0.2) is 11.4 Å². The van der Waals surface area contributed by atoms with Gasteiger partial charge < -0.3 is 15.4 Å². The Bertz CT molecular complexity index is 1020. The number of hydrogen-bond acceptors (Lipinski definition) is 4. The molecule has 29 heavy (non-hydrogen) atoms. The van der Waals surface area contributed by atoms with Crippen molar-refractivity contribution < 1.29 is 9.53 Å². The third-order valence-electron chi connectivity index (χ3n) is 4.53. The van der Waals surface area contributed by atoms with Crippen LogP contribution in [0, 0.1) is 0 Å². The highest BCUT2D eigenvalue weighted by Crippen LogP contribution is 2.31. The summed E-state index contributed by atoms with van der Waals surface area (Å²) in [5.74, 6) is 1.44. The molecule has 3 aromatic rings. The van der Waals surface area contributed by atoms with Gasteiger partial charge in [0.1, 0.15) is 11.5 Å². The highest BCUT2D eigenvalue weighted by atomic mass is 32.2. The minimum absolute atomic E-state index is 0.0768. The molecule has 0 aliphatic carbocycles. The van der Waals surface area contributed by atoms with Crippen LogP contribution in [0.25, 0.3) is 6.08 Å². The molecule has 3 aromatic carbocycles. The predicted molar refractivity (Wildman–Crippen MR) is 120 cm³/mol. The van der Waals surface area contributed by atoms with Crippen molar-refractivity contribution in [3.05, 3.63) is 94.9 Å². The maximum absolute atomic E-state index is 12.4. The van der Waals surface area contributed by atoms with Crippen LogP contribution in [0.1, 0.15) is 18.1 Å². The van der Waals surface area contributed by atoms with E-state index in [9.17, 15) is 4.79 Å². The Labute approximate surface area is 175 Å². The van der Waals surface area contributed by atoms with E-state index < -0.39 is 0 Å². The average Bonchev–Trinajstić information content (AvgIpc) is 3.08. The number of hydrogen-bond donors (Lipinski definition) is 2. The minimum Gasteiger partial charge on any atom is -0.457 e. The smallest absolute Gasteiger partial charge is 0.260 e. The molecule has 1 amide bonds. The average molecular weight is 403 g/mol. The molecule has 0 aromatic heterocycles. The molecule has 1 aliphatic heterocycles. The van der Waals surface area contributed by atoms with Crippen molar-refractivity contribution in [2.45, 2.75) is 18.8 Å². The van der Waals surface area contributed by atoms with Crippen LogP contribution in [0.5, 0.6) is 11.5 Å². The van der Waals surface area contributed by atoms with Gasteiger partial charge in [0.25, 0.3) is 5.91 Å². The molecule has 1 heterocycles. The molecule has 2 N–H and O–H groups in total. The van der Waals surface area contributed by atoms with Gasteiger partial charge in [-0.3, -0.25) is 4.79 Å². The minimum atomic E-state index is -0.190. The Morgan fingerprint density at radius 2 is 1.76 bits per heavy atom. The van der Waals surface area contributed by atoms with Gasteiger partial charge in [0.05, 0.1) is 4.91 Å². The van der Waals surface area contributed by atoms with Crippen LogP contribution in [-0.2, 0) is 11.2 Å². The third-order valence-corrected chi connectivity index (χ3v) is 5.55. The standard InChI is InChI=1S/C24H22N2O2S/c1-2-17-11-13-19(14-12-17)25-24-26-23(27)22(29-24)16-18-7-6-10-21(15-18)28-20-8-4-3-5-9-20/h3-16,24-25H,2H2,1H3,(H,26,27)/b22-16-/t24-/m0/s1. The number of ether oxygens (including phenoxy) is 1. The Morgan fingerprint density at radius 3 is 2.52 bits per heavy atom. The van der Waals surface area contributed by atoms with Gasteiger partial charge in [0.15, 0.2) is 5.50 Å². The fourth-order valence-corrected chi connectivity index (χ4v) is 3.98. The molecular formula is C24H22N2O2S. The Hall–Kier alpha value is -3.18. The Balaban J connectivity index is 1.44. The number of amides is 1. The quantitative estimate of drug-likeness (QED) is 0.524. The van der Waals surface area contributed by atoms with Crippen molar-refractivity contribution in [3.63, 3.8) is 0 Å². The van der Waals surface area contributed by atoms with Crippen molar-refractivity contribution in [1.29, 1.82) is 0 Å². The molecule has 4 nitrogen and oxygen atoms in total. The maximum atomic E-state index is 12.4. The first-order valence-corrected chi connectivity index (χ1v) is 10.5. The Morgan fingerprint density at radius 1 is 1.00 bits per heavy atom. The van der Waals surface area contributed by atoms with Crippen LogP contribution in [0.2, 0.25) is 0 Å². The second-order valence-corrected chi connectivity index (χ2v) is 7.81. The molecule has 0 bridgehead atoms. The van der Waals surface area contributed by atoms with Crippen LogP contribution in [0.3, 0.4) is 0 Å². The summed E-state index contributed by atoms with van der Waals surface area (Å²) in [5, 5.41) is 6.32. The largest absolute Gasteiger partial charge is 0.457 e. The van der Waals surface area contributed by atoms with Gasteiger partial charge in [0, 0.05) is 5.69 Å². The Kier molecular flexibility index (Phi) is 5.86. The summed E-state index contributed by atoms with van der Waals surface area (Å²) in [7, 11) is 0. The lowest BCUT2D eigenvalue weighted by Crippen LogP contribution is -2.30. The van der Waals surface area contributed by atoms with Gasteiger partial charge in [-0.1, -0.05) is 61.2 Å². The number of rotatable bonds is 6. The van der Waals surface area contributed by atoms with E-state index in [1.165, 1.54) is 17.3 Å². The summed E-state index contributed by atoms with van der Waals surface area (Å²) in [4.78, 5) is 13.1. The number of aryl methyl sites for hydroxylation is 1. The van der Waals surface area contributed by atoms with E-state index >= 15 is 0 Å². The highest BCUT2D eigenvalue weighted by Gasteiger charge is 2.27. The zero-order chi connectivity index (χ0) is 20.1. The van der Waals surface area contributed by atoms with E-state index in [4.69, 9.17) is 4.74 Å². The number of carbonyl (C=O) groups is 1. The molecule has 1 aliphatic rings. The second kappa shape index (κ2) is 8.88. The van der Waals surface area contributed by atoms with Gasteiger partial charge in [-0.15, -0.1) is 0 Å². The van der Waals surface area contributed by atoms with Gasteiger partial charge >= 0.3 is 0 Å². The number of benzene rings is 3. The number of para-hydroxylation sites is 1. The number of anilines is 1. The van der Waals surface area contributed by atoms with E-state index in [-0.39, 0.29) is 11.4 Å². The fourth-order valence-electron chi connectivity index (χ4n) is 3.00. The molecule has 0 spiro atoms. The summed E-state index contributed by atoms with van der Waals surface area (Å²) >= 11 is 1.48. The van der Waals surface area contributed by atoms with Crippen molar-refractivity contribution in [2.75, 3.05) is 5.32 Å². The molecule has 1 saturated heterocycles. The lowest BCUT2D eigenvalue weighted by molar-refractivity contribution is -0.116. The first-order chi connectivity index (χ1) is 14.2. The summed E-state index contributed by atoms with van der Waals surface area (Å²) in [6.07, 6.45) is 2.90. The summed E-state index contributed by atoms with van der Waals surface area (Å²) in [6, 6.07) is 25.6. The summed E-state index contributed by atoms with van der Waals surface area (Å²) < 4.78 is 5.88. The normalized spacial score (nSPS) is 17.2. The van der Waals surface area contributed by atoms with E-state index in [1.807, 2.05) is 72.8 Å². The lowest BCUT2D eigenvalue weighted by atomic mass is 10.1. The van der Waals surface area contributed by atoms with Gasteiger partial charge in [-0.05, 0) is 60.0 Å². The highest BCUT2D eigenvalue weighted by molar-refractivity contribution is 8.05. The van der Waals surface area contributed by atoms with Crippen molar-refractivity contribution in [3.8, 4) is 11.5 Å². The summed E-state index contributed by atoms with van der Waals surface area (Å²) in [6.45, 7) is 2.13. The van der Waals surface area contributed by atoms with E-state index in [0.717, 1.165) is 29.2 Å². The van der Waals surface area contributed by atoms with Gasteiger partial charge in [-0.25, -0.2) is 0 Å². The first-order valence-electron chi connectivity index (χ1n) is 9.57. The van der Waals surface area contributed by atoms with Crippen molar-refractivity contribution >= 4 is 29.4 Å². The summed E-state index contributed by atoms with van der Waals surface area (Å²) in [5.41, 5.74) is 3.00. The molecule has 1 fully saturated rings. The van der Waals surface area contributed by atoms with Crippen LogP contribution < -0.4 is 15.4 Å². The first kappa shape index (κ1) is 19.2. The molecule has 1 atom stereocenters. The predicted octanol–water partition coefficient (Wildman–Crippen LogP) is 5.64. The molecule has 4 rings (SSSR count). The molecule has 5 heteroatoms. The molecular weight excluding hydrogens is 380 g/mol. The van der Waals surface area contributed by atoms with Gasteiger partial charge in [-0.2, -0.15) is 0 Å². The molecule has 0 unspecified atom stereocenters. The molecule has 0 saturated carbocycles. The SMILES string of the molecule is CCc1ccc(N[C@H]2NC(=O)/C(=C/c3cccc(Oc4ccccc4)c3)S2)cc1. The van der Waals surface area contributed by atoms with E-state index in [2.05, 4.69) is 29.7 Å².